The molecule has 10 heteroatoms. The lowest BCUT2D eigenvalue weighted by Crippen LogP contribution is -2.43. The lowest BCUT2D eigenvalue weighted by atomic mass is 10.1. The van der Waals surface area contributed by atoms with Gasteiger partial charge in [0.2, 0.25) is 5.91 Å². The number of amides is 3. The summed E-state index contributed by atoms with van der Waals surface area (Å²) < 4.78 is 0.584. The molecule has 4 N–H and O–H groups in total. The van der Waals surface area contributed by atoms with E-state index in [0.717, 1.165) is 16.5 Å². The molecule has 1 aromatic carbocycles. The van der Waals surface area contributed by atoms with Crippen molar-refractivity contribution in [1.82, 2.24) is 20.2 Å². The summed E-state index contributed by atoms with van der Waals surface area (Å²) in [6.07, 6.45) is 1.97. The van der Waals surface area contributed by atoms with Gasteiger partial charge in [-0.15, -0.1) is 11.3 Å². The highest BCUT2D eigenvalue weighted by Gasteiger charge is 2.32. The molecule has 3 heterocycles. The topological polar surface area (TPSA) is 113 Å². The van der Waals surface area contributed by atoms with Crippen LogP contribution in [0.1, 0.15) is 12.0 Å². The fourth-order valence-electron chi connectivity index (χ4n) is 3.16. The van der Waals surface area contributed by atoms with Crippen molar-refractivity contribution in [3.63, 3.8) is 0 Å². The first-order valence-electron chi connectivity index (χ1n) is 8.60. The van der Waals surface area contributed by atoms with E-state index in [0.29, 0.717) is 34.7 Å². The second kappa shape index (κ2) is 7.61. The second-order valence-electron chi connectivity index (χ2n) is 6.41. The van der Waals surface area contributed by atoms with Crippen molar-refractivity contribution in [2.75, 3.05) is 17.6 Å². The number of nitrogens with zero attached hydrogens (tertiary/aromatic N) is 3. The predicted molar refractivity (Wildman–Crippen MR) is 109 cm³/mol. The average Bonchev–Trinajstić information content (AvgIpc) is 3.22. The lowest BCUT2D eigenvalue weighted by Gasteiger charge is -2.17. The fourth-order valence-corrected chi connectivity index (χ4v) is 4.10. The molecule has 28 heavy (non-hydrogen) atoms. The Morgan fingerprint density at radius 1 is 1.32 bits per heavy atom. The van der Waals surface area contributed by atoms with Crippen LogP contribution < -0.4 is 16.4 Å². The number of urea groups is 1. The van der Waals surface area contributed by atoms with E-state index in [2.05, 4.69) is 20.6 Å². The van der Waals surface area contributed by atoms with Gasteiger partial charge in [-0.1, -0.05) is 17.7 Å². The van der Waals surface area contributed by atoms with E-state index in [9.17, 15) is 9.59 Å². The normalized spacial score (nSPS) is 16.5. The predicted octanol–water partition coefficient (Wildman–Crippen LogP) is 2.85. The number of hydrogen-bond acceptors (Lipinski definition) is 6. The molecule has 1 fully saturated rings. The third-order valence-electron chi connectivity index (χ3n) is 4.52. The summed E-state index contributed by atoms with van der Waals surface area (Å²) in [6.45, 7) is 1.01. The number of nitrogens with two attached hydrogens (primary N) is 1. The van der Waals surface area contributed by atoms with Crippen LogP contribution in [0, 0.1) is 0 Å². The SMILES string of the molecule is Nc1ncnc2cc(CN3CC[C@@H](NC(=O)Nc4ccc(Cl)s4)C3=O)ccc12. The summed E-state index contributed by atoms with van der Waals surface area (Å²) in [5.74, 6) is 0.317. The van der Waals surface area contributed by atoms with Gasteiger partial charge >= 0.3 is 6.03 Å². The maximum absolute atomic E-state index is 12.6. The van der Waals surface area contributed by atoms with Gasteiger partial charge in [-0.3, -0.25) is 10.1 Å². The molecular formula is C18H17ClN6O2S. The Morgan fingerprint density at radius 3 is 2.96 bits per heavy atom. The van der Waals surface area contributed by atoms with Crippen LogP contribution in [-0.2, 0) is 11.3 Å². The van der Waals surface area contributed by atoms with Crippen LogP contribution in [0.3, 0.4) is 0 Å². The number of aromatic nitrogens is 2. The van der Waals surface area contributed by atoms with Gasteiger partial charge in [-0.05, 0) is 36.2 Å². The lowest BCUT2D eigenvalue weighted by molar-refractivity contribution is -0.129. The van der Waals surface area contributed by atoms with Crippen LogP contribution in [0.5, 0.6) is 0 Å². The van der Waals surface area contributed by atoms with Crippen molar-refractivity contribution in [3.05, 3.63) is 46.6 Å². The zero-order valence-electron chi connectivity index (χ0n) is 14.7. The quantitative estimate of drug-likeness (QED) is 0.605. The maximum atomic E-state index is 12.6. The second-order valence-corrected chi connectivity index (χ2v) is 8.13. The van der Waals surface area contributed by atoms with Gasteiger partial charge in [0.05, 0.1) is 14.9 Å². The smallest absolute Gasteiger partial charge is 0.320 e. The van der Waals surface area contributed by atoms with E-state index in [1.54, 1.807) is 17.0 Å². The zero-order valence-corrected chi connectivity index (χ0v) is 16.3. The minimum absolute atomic E-state index is 0.110. The van der Waals surface area contributed by atoms with Gasteiger partial charge in [-0.2, -0.15) is 0 Å². The molecule has 144 valence electrons. The van der Waals surface area contributed by atoms with Crippen LogP contribution in [0.25, 0.3) is 10.9 Å². The number of nitrogen functional groups attached to an aromatic ring is 1. The van der Waals surface area contributed by atoms with Crippen molar-refractivity contribution in [1.29, 1.82) is 0 Å². The highest BCUT2D eigenvalue weighted by Crippen LogP contribution is 2.26. The number of carbonyl (C=O) groups is 2. The maximum Gasteiger partial charge on any atom is 0.320 e. The van der Waals surface area contributed by atoms with Gasteiger partial charge < -0.3 is 16.0 Å². The van der Waals surface area contributed by atoms with Gasteiger partial charge in [0.1, 0.15) is 18.2 Å². The molecule has 3 aromatic rings. The average molecular weight is 417 g/mol. The van der Waals surface area contributed by atoms with E-state index in [1.807, 2.05) is 18.2 Å². The number of nitrogens with one attached hydrogen (secondary N) is 2. The Bertz CT molecular complexity index is 1060. The van der Waals surface area contributed by atoms with E-state index >= 15 is 0 Å². The molecule has 1 atom stereocenters. The van der Waals surface area contributed by atoms with Crippen LogP contribution in [0.15, 0.2) is 36.7 Å². The summed E-state index contributed by atoms with van der Waals surface area (Å²) in [5, 5.41) is 6.82. The first kappa shape index (κ1) is 18.5. The van der Waals surface area contributed by atoms with Gasteiger partial charge in [0.15, 0.2) is 0 Å². The third-order valence-corrected chi connectivity index (χ3v) is 5.66. The monoisotopic (exact) mass is 416 g/mol. The number of benzene rings is 1. The molecule has 0 aliphatic carbocycles. The number of rotatable bonds is 4. The molecular weight excluding hydrogens is 400 g/mol. The molecule has 8 nitrogen and oxygen atoms in total. The summed E-state index contributed by atoms with van der Waals surface area (Å²) >= 11 is 7.11. The van der Waals surface area contributed by atoms with E-state index < -0.39 is 12.1 Å². The van der Waals surface area contributed by atoms with Crippen molar-refractivity contribution < 1.29 is 9.59 Å². The molecule has 4 rings (SSSR count). The molecule has 0 bridgehead atoms. The summed E-state index contributed by atoms with van der Waals surface area (Å²) in [5.41, 5.74) is 7.52. The first-order chi connectivity index (χ1) is 13.5. The Labute approximate surface area is 169 Å². The first-order valence-corrected chi connectivity index (χ1v) is 9.80. The van der Waals surface area contributed by atoms with Gasteiger partial charge in [-0.25, -0.2) is 14.8 Å². The molecule has 0 saturated carbocycles. The van der Waals surface area contributed by atoms with Crippen LogP contribution in [-0.4, -0.2) is 39.4 Å². The Balaban J connectivity index is 1.38. The third kappa shape index (κ3) is 3.85. The fraction of sp³-hybridized carbons (Fsp3) is 0.222. The minimum atomic E-state index is -0.547. The van der Waals surface area contributed by atoms with Gasteiger partial charge in [0, 0.05) is 18.5 Å². The summed E-state index contributed by atoms with van der Waals surface area (Å²) in [6, 6.07) is 8.11. The molecule has 2 aromatic heterocycles. The Hall–Kier alpha value is -2.91. The largest absolute Gasteiger partial charge is 0.383 e. The van der Waals surface area contributed by atoms with Crippen LogP contribution in [0.4, 0.5) is 15.6 Å². The molecule has 1 saturated heterocycles. The van der Waals surface area contributed by atoms with E-state index in [-0.39, 0.29) is 5.91 Å². The number of fused-ring (bicyclic) bond motifs is 1. The number of halogens is 1. The number of anilines is 2. The molecule has 0 spiro atoms. The van der Waals surface area contributed by atoms with Crippen molar-refractivity contribution in [3.8, 4) is 0 Å². The molecule has 1 aliphatic heterocycles. The molecule has 0 radical (unpaired) electrons. The molecule has 0 unspecified atom stereocenters. The number of thiophene rings is 1. The standard InChI is InChI=1S/C18H17ClN6O2S/c19-14-3-4-15(28-14)24-18(27)23-12-5-6-25(17(12)26)8-10-1-2-11-13(7-10)21-9-22-16(11)20/h1-4,7,9,12H,5-6,8H2,(H2,20,21,22)(H2,23,24,27)/t12-/m1/s1. The van der Waals surface area contributed by atoms with Crippen LogP contribution >= 0.6 is 22.9 Å². The zero-order chi connectivity index (χ0) is 19.7. The summed E-state index contributed by atoms with van der Waals surface area (Å²) in [7, 11) is 0. The number of likely N-dealkylation sites (tertiary alicyclic amines) is 1. The van der Waals surface area contributed by atoms with Crippen molar-refractivity contribution >= 4 is 56.6 Å². The van der Waals surface area contributed by atoms with Crippen LogP contribution in [0.2, 0.25) is 4.34 Å². The summed E-state index contributed by atoms with van der Waals surface area (Å²) in [4.78, 5) is 34.7. The number of hydrogen-bond donors (Lipinski definition) is 3. The highest BCUT2D eigenvalue weighted by atomic mass is 35.5. The number of carbonyl (C=O) groups excluding carboxylic acids is 2. The van der Waals surface area contributed by atoms with E-state index in [1.165, 1.54) is 17.7 Å². The highest BCUT2D eigenvalue weighted by molar-refractivity contribution is 7.20. The molecule has 1 aliphatic rings. The van der Waals surface area contributed by atoms with Gasteiger partial charge in [0.25, 0.3) is 0 Å². The van der Waals surface area contributed by atoms with Crippen molar-refractivity contribution in [2.24, 2.45) is 0 Å². The Kier molecular flexibility index (Phi) is 5.01. The van der Waals surface area contributed by atoms with E-state index in [4.69, 9.17) is 17.3 Å². The van der Waals surface area contributed by atoms with Crippen molar-refractivity contribution in [2.45, 2.75) is 19.0 Å². The Morgan fingerprint density at radius 2 is 2.18 bits per heavy atom. The molecule has 3 amide bonds. The minimum Gasteiger partial charge on any atom is -0.383 e.